The molecule has 0 aromatic heterocycles. The van der Waals surface area contributed by atoms with Crippen LogP contribution in [0.25, 0.3) is 0 Å². The van der Waals surface area contributed by atoms with Gasteiger partial charge in [-0.1, -0.05) is 196 Å². The maximum atomic E-state index is 9.67. The zero-order chi connectivity index (χ0) is 65.2. The Bertz CT molecular complexity index is 1510. The van der Waals surface area contributed by atoms with Gasteiger partial charge in [-0.25, -0.2) is 0 Å². The van der Waals surface area contributed by atoms with E-state index < -0.39 is 0 Å². The Kier molecular flexibility index (Phi) is 45.4. The van der Waals surface area contributed by atoms with Crippen molar-refractivity contribution in [3.63, 3.8) is 0 Å². The van der Waals surface area contributed by atoms with Crippen LogP contribution in [0.1, 0.15) is 337 Å². The van der Waals surface area contributed by atoms with E-state index in [4.69, 9.17) is 0 Å². The highest BCUT2D eigenvalue weighted by atomic mass is 16.3. The second-order valence-electron chi connectivity index (χ2n) is 32.2. The largest absolute Gasteiger partial charge is 0.393 e. The van der Waals surface area contributed by atoms with Crippen LogP contribution in [0.2, 0.25) is 0 Å². The lowest BCUT2D eigenvalue weighted by atomic mass is 9.73. The van der Waals surface area contributed by atoms with Crippen LogP contribution in [0.4, 0.5) is 0 Å². The summed E-state index contributed by atoms with van der Waals surface area (Å²) in [5, 5.41) is 76.5. The third-order valence-electron chi connectivity index (χ3n) is 23.8. The summed E-state index contributed by atoms with van der Waals surface area (Å²) < 4.78 is 0. The van der Waals surface area contributed by atoms with Crippen molar-refractivity contribution >= 4 is 0 Å². The highest BCUT2D eigenvalue weighted by molar-refractivity contribution is 4.84. The van der Waals surface area contributed by atoms with Gasteiger partial charge in [-0.15, -0.1) is 0 Å². The first-order valence-corrected chi connectivity index (χ1v) is 38.0. The summed E-state index contributed by atoms with van der Waals surface area (Å²) in [7, 11) is 0. The number of hydrogen-bond donors (Lipinski definition) is 8. The van der Waals surface area contributed by atoms with Crippen LogP contribution in [-0.2, 0) is 0 Å². The van der Waals surface area contributed by atoms with Crippen molar-refractivity contribution in [3.8, 4) is 0 Å². The third kappa shape index (κ3) is 33.5. The van der Waals surface area contributed by atoms with E-state index in [1.807, 2.05) is 0 Å². The molecule has 0 amide bonds. The molecule has 0 radical (unpaired) electrons. The maximum absolute atomic E-state index is 9.67. The standard InChI is InChI=1S/6C10H20O.2C9H18O/c1-7(2)9-4-5-10(11)8(3)6-9;1-7(2)9-5-4-8(3)10(11)6-9;1-7(2)9-5-4-6-10(11)8(9)3;1-3-4-9-7-10(11)6-5-8(9)2;1-3-4-9-7-8(2)5-6-10(9)11;1-3-4-9-6-5-8(2)7-10(9)11;1-3-8-5-4-7(2)9(10)6-8;1-3-8-6-4-5-7(2)9(8)10/h3*7-11H,4-6H2,1-3H3;3*8-11H,3-7H2,1-2H3;2*7-10H,3-6H2,1-2H3. The summed E-state index contributed by atoms with van der Waals surface area (Å²) in [6.07, 6.45) is 38.1. The molecular formula is C78H156O8. The van der Waals surface area contributed by atoms with Crippen LogP contribution >= 0.6 is 0 Å². The fourth-order valence-electron chi connectivity index (χ4n) is 16.4. The monoisotopic (exact) mass is 1220 g/mol. The Morgan fingerprint density at radius 2 is 0.826 bits per heavy atom. The van der Waals surface area contributed by atoms with Crippen molar-refractivity contribution in [2.75, 3.05) is 0 Å². The second-order valence-corrected chi connectivity index (χ2v) is 32.2. The molecular weight excluding hydrogens is 1060 g/mol. The SMILES string of the molecule is CC(C)C1CCC(C)C(O)C1.CC(C)C1CCC(O)C(C)C1.CC(C)C1CCCC(O)C1C.CCC1CCC(C)C(O)C1.CCC1CCCC(C)C1O.CCCC1CC(C)CCC1O.CCCC1CC(O)CCC1C.CCCC1CCC(C)CC1O. The van der Waals surface area contributed by atoms with Gasteiger partial charge in [-0.3, -0.25) is 0 Å². The molecule has 8 aliphatic rings. The van der Waals surface area contributed by atoms with Gasteiger partial charge in [0.25, 0.3) is 0 Å². The van der Waals surface area contributed by atoms with Gasteiger partial charge in [0.05, 0.1) is 48.8 Å². The van der Waals surface area contributed by atoms with Crippen LogP contribution < -0.4 is 0 Å². The predicted molar refractivity (Wildman–Crippen MR) is 370 cm³/mol. The van der Waals surface area contributed by atoms with E-state index >= 15 is 0 Å². The Hall–Kier alpha value is -0.320. The van der Waals surface area contributed by atoms with E-state index in [1.54, 1.807) is 0 Å². The number of aliphatic hydroxyl groups excluding tert-OH is 8. The fourth-order valence-corrected chi connectivity index (χ4v) is 16.4. The van der Waals surface area contributed by atoms with E-state index in [0.717, 1.165) is 123 Å². The van der Waals surface area contributed by atoms with E-state index in [1.165, 1.54) is 148 Å². The third-order valence-corrected chi connectivity index (χ3v) is 23.8. The van der Waals surface area contributed by atoms with Crippen LogP contribution in [0.5, 0.6) is 0 Å². The molecule has 0 heterocycles. The predicted octanol–water partition coefficient (Wildman–Crippen LogP) is 19.5. The number of rotatable bonds is 11. The highest BCUT2D eigenvalue weighted by Gasteiger charge is 2.33. The molecule has 24 unspecified atom stereocenters. The van der Waals surface area contributed by atoms with Gasteiger partial charge in [0.1, 0.15) is 0 Å². The Labute approximate surface area is 536 Å². The minimum Gasteiger partial charge on any atom is -0.393 e. The molecule has 516 valence electrons. The molecule has 0 saturated heterocycles. The normalized spacial score (nSPS) is 39.8. The average Bonchev–Trinajstić information content (AvgIpc) is 3.68. The van der Waals surface area contributed by atoms with Gasteiger partial charge >= 0.3 is 0 Å². The molecule has 8 N–H and O–H groups in total. The average molecular weight is 1220 g/mol. The molecule has 0 aromatic rings. The topological polar surface area (TPSA) is 162 Å². The van der Waals surface area contributed by atoms with E-state index in [9.17, 15) is 40.9 Å². The lowest BCUT2D eigenvalue weighted by molar-refractivity contribution is 0.0237. The second kappa shape index (κ2) is 46.7. The highest BCUT2D eigenvalue weighted by Crippen LogP contribution is 2.39. The van der Waals surface area contributed by atoms with Gasteiger partial charge in [0.2, 0.25) is 0 Å². The lowest BCUT2D eigenvalue weighted by Gasteiger charge is -2.35. The summed E-state index contributed by atoms with van der Waals surface area (Å²) in [6.45, 7) is 42.3. The van der Waals surface area contributed by atoms with Gasteiger partial charge < -0.3 is 40.9 Å². The zero-order valence-electron chi connectivity index (χ0n) is 60.8. The molecule has 8 saturated carbocycles. The van der Waals surface area contributed by atoms with E-state index in [-0.39, 0.29) is 48.8 Å². The summed E-state index contributed by atoms with van der Waals surface area (Å²) in [5.74, 6) is 13.1. The summed E-state index contributed by atoms with van der Waals surface area (Å²) in [6, 6.07) is 0. The summed E-state index contributed by atoms with van der Waals surface area (Å²) >= 11 is 0. The molecule has 8 aliphatic carbocycles. The first kappa shape index (κ1) is 83.7. The quantitative estimate of drug-likeness (QED) is 0.101. The molecule has 8 fully saturated rings. The number of aliphatic hydroxyl groups is 8. The molecule has 0 bridgehead atoms. The van der Waals surface area contributed by atoms with Crippen molar-refractivity contribution in [3.05, 3.63) is 0 Å². The first-order chi connectivity index (χ1) is 40.5. The molecule has 8 heteroatoms. The van der Waals surface area contributed by atoms with E-state index in [2.05, 4.69) is 132 Å². The first-order valence-electron chi connectivity index (χ1n) is 38.0. The molecule has 0 spiro atoms. The Morgan fingerprint density at radius 3 is 1.34 bits per heavy atom. The zero-order valence-corrected chi connectivity index (χ0v) is 60.8. The minimum absolute atomic E-state index is 0.00120. The molecule has 0 aromatic carbocycles. The summed E-state index contributed by atoms with van der Waals surface area (Å²) in [5.41, 5.74) is 0. The van der Waals surface area contributed by atoms with Crippen molar-refractivity contribution in [2.45, 2.75) is 386 Å². The van der Waals surface area contributed by atoms with Crippen LogP contribution in [0.3, 0.4) is 0 Å². The minimum atomic E-state index is -0.0313. The van der Waals surface area contributed by atoms with Gasteiger partial charge in [0, 0.05) is 0 Å². The van der Waals surface area contributed by atoms with E-state index in [0.29, 0.717) is 47.3 Å². The van der Waals surface area contributed by atoms with Crippen molar-refractivity contribution < 1.29 is 40.9 Å². The maximum Gasteiger partial charge on any atom is 0.0593 e. The Balaban J connectivity index is 0.000000492. The van der Waals surface area contributed by atoms with Crippen LogP contribution in [0.15, 0.2) is 0 Å². The number of hydrogen-bond acceptors (Lipinski definition) is 8. The molecule has 24 atom stereocenters. The van der Waals surface area contributed by atoms with Gasteiger partial charge in [-0.05, 0) is 254 Å². The molecule has 8 nitrogen and oxygen atoms in total. The summed E-state index contributed by atoms with van der Waals surface area (Å²) in [4.78, 5) is 0. The van der Waals surface area contributed by atoms with Gasteiger partial charge in [0.15, 0.2) is 0 Å². The lowest BCUT2D eigenvalue weighted by Crippen LogP contribution is -2.32. The smallest absolute Gasteiger partial charge is 0.0593 e. The van der Waals surface area contributed by atoms with Crippen LogP contribution in [0, 0.1) is 112 Å². The van der Waals surface area contributed by atoms with Gasteiger partial charge in [-0.2, -0.15) is 0 Å². The van der Waals surface area contributed by atoms with Crippen molar-refractivity contribution in [1.29, 1.82) is 0 Å². The van der Waals surface area contributed by atoms with Crippen LogP contribution in [-0.4, -0.2) is 89.7 Å². The Morgan fingerprint density at radius 1 is 0.314 bits per heavy atom. The molecule has 8 rings (SSSR count). The molecule has 0 aliphatic heterocycles. The van der Waals surface area contributed by atoms with Crippen molar-refractivity contribution in [1.82, 2.24) is 0 Å². The fraction of sp³-hybridized carbons (Fsp3) is 1.00. The van der Waals surface area contributed by atoms with Crippen molar-refractivity contribution in [2.24, 2.45) is 112 Å². The molecule has 86 heavy (non-hydrogen) atoms.